The molecule has 0 spiro atoms. The molecule has 0 unspecified atom stereocenters. The number of hydrogen-bond acceptors (Lipinski definition) is 3. The van der Waals surface area contributed by atoms with Gasteiger partial charge in [-0.05, 0) is 30.2 Å². The van der Waals surface area contributed by atoms with Gasteiger partial charge in [0.2, 0.25) is 0 Å². The molecule has 0 bridgehead atoms. The summed E-state index contributed by atoms with van der Waals surface area (Å²) in [4.78, 5) is 29.0. The van der Waals surface area contributed by atoms with Gasteiger partial charge in [0.15, 0.2) is 0 Å². The number of aromatic carboxylic acids is 1. The summed E-state index contributed by atoms with van der Waals surface area (Å²) in [6.45, 7) is 0.549. The van der Waals surface area contributed by atoms with E-state index >= 15 is 0 Å². The van der Waals surface area contributed by atoms with E-state index in [0.29, 0.717) is 18.7 Å². The van der Waals surface area contributed by atoms with Crippen molar-refractivity contribution in [3.8, 4) is 0 Å². The van der Waals surface area contributed by atoms with Crippen LogP contribution in [-0.4, -0.2) is 33.1 Å². The van der Waals surface area contributed by atoms with E-state index in [1.54, 1.807) is 41.2 Å². The van der Waals surface area contributed by atoms with Crippen LogP contribution >= 0.6 is 0 Å². The molecule has 6 nitrogen and oxygen atoms in total. The van der Waals surface area contributed by atoms with Crippen LogP contribution in [0.5, 0.6) is 0 Å². The fourth-order valence-corrected chi connectivity index (χ4v) is 2.41. The standard InChI is InChI=1S/C14H13N3O3/c1-16-7-11(15-8-16)13(18)17-5-4-9-6-10(14(19)20)2-3-12(9)17/h2-3,6-8H,4-5H2,1H3,(H,19,20). The molecule has 0 saturated carbocycles. The molecule has 102 valence electrons. The van der Waals surface area contributed by atoms with Crippen molar-refractivity contribution in [2.75, 3.05) is 11.4 Å². The lowest BCUT2D eigenvalue weighted by Gasteiger charge is -2.15. The van der Waals surface area contributed by atoms with Crippen molar-refractivity contribution in [2.45, 2.75) is 6.42 Å². The van der Waals surface area contributed by atoms with Crippen LogP contribution in [0.1, 0.15) is 26.4 Å². The first kappa shape index (κ1) is 12.4. The molecule has 0 radical (unpaired) electrons. The molecule has 20 heavy (non-hydrogen) atoms. The highest BCUT2D eigenvalue weighted by atomic mass is 16.4. The third-order valence-corrected chi connectivity index (χ3v) is 3.39. The topological polar surface area (TPSA) is 75.4 Å². The Bertz CT molecular complexity index is 705. The van der Waals surface area contributed by atoms with Gasteiger partial charge in [-0.15, -0.1) is 0 Å². The van der Waals surface area contributed by atoms with Crippen molar-refractivity contribution >= 4 is 17.6 Å². The number of anilines is 1. The van der Waals surface area contributed by atoms with Gasteiger partial charge in [0, 0.05) is 25.5 Å². The Labute approximate surface area is 115 Å². The quantitative estimate of drug-likeness (QED) is 0.893. The monoisotopic (exact) mass is 271 g/mol. The van der Waals surface area contributed by atoms with Crippen molar-refractivity contribution < 1.29 is 14.7 Å². The van der Waals surface area contributed by atoms with Gasteiger partial charge in [-0.3, -0.25) is 4.79 Å². The van der Waals surface area contributed by atoms with Crippen LogP contribution < -0.4 is 4.90 Å². The van der Waals surface area contributed by atoms with E-state index in [1.807, 2.05) is 0 Å². The second kappa shape index (κ2) is 4.48. The average Bonchev–Trinajstić information content (AvgIpc) is 3.03. The maximum Gasteiger partial charge on any atom is 0.335 e. The number of fused-ring (bicyclic) bond motifs is 1. The van der Waals surface area contributed by atoms with Crippen molar-refractivity contribution in [1.29, 1.82) is 0 Å². The predicted octanol–water partition coefficient (Wildman–Crippen LogP) is 1.32. The number of imidazole rings is 1. The number of benzene rings is 1. The molecule has 6 heteroatoms. The second-order valence-corrected chi connectivity index (χ2v) is 4.78. The van der Waals surface area contributed by atoms with E-state index < -0.39 is 5.97 Å². The summed E-state index contributed by atoms with van der Waals surface area (Å²) in [7, 11) is 1.81. The fourth-order valence-electron chi connectivity index (χ4n) is 2.41. The van der Waals surface area contributed by atoms with Gasteiger partial charge >= 0.3 is 5.97 Å². The lowest BCUT2D eigenvalue weighted by Crippen LogP contribution is -2.29. The molecule has 0 saturated heterocycles. The molecule has 0 aliphatic carbocycles. The smallest absolute Gasteiger partial charge is 0.335 e. The Kier molecular flexibility index (Phi) is 2.78. The van der Waals surface area contributed by atoms with Gasteiger partial charge < -0.3 is 14.6 Å². The molecule has 0 fully saturated rings. The van der Waals surface area contributed by atoms with Crippen LogP contribution in [0.3, 0.4) is 0 Å². The third-order valence-electron chi connectivity index (χ3n) is 3.39. The zero-order valence-electron chi connectivity index (χ0n) is 10.9. The molecule has 2 aromatic rings. The van der Waals surface area contributed by atoms with Crippen LogP contribution in [-0.2, 0) is 13.5 Å². The van der Waals surface area contributed by atoms with Crippen molar-refractivity contribution in [1.82, 2.24) is 9.55 Å². The highest BCUT2D eigenvalue weighted by Gasteiger charge is 2.27. The maximum atomic E-state index is 12.4. The van der Waals surface area contributed by atoms with E-state index in [-0.39, 0.29) is 11.5 Å². The van der Waals surface area contributed by atoms with Crippen LogP contribution in [0.15, 0.2) is 30.7 Å². The number of carboxylic acids is 1. The van der Waals surface area contributed by atoms with Crippen LogP contribution in [0.25, 0.3) is 0 Å². The van der Waals surface area contributed by atoms with Gasteiger partial charge in [0.05, 0.1) is 11.9 Å². The number of amides is 1. The Morgan fingerprint density at radius 2 is 2.15 bits per heavy atom. The molecule has 2 heterocycles. The number of nitrogens with zero attached hydrogens (tertiary/aromatic N) is 3. The highest BCUT2D eigenvalue weighted by Crippen LogP contribution is 2.29. The molecular formula is C14H13N3O3. The molecule has 1 aliphatic rings. The molecule has 0 atom stereocenters. The Morgan fingerprint density at radius 1 is 1.35 bits per heavy atom. The Balaban J connectivity index is 1.93. The SMILES string of the molecule is Cn1cnc(C(=O)N2CCc3cc(C(=O)O)ccc32)c1. The molecule has 1 N–H and O–H groups in total. The summed E-state index contributed by atoms with van der Waals surface area (Å²) in [6.07, 6.45) is 3.92. The molecule has 1 aromatic heterocycles. The van der Waals surface area contributed by atoms with Gasteiger partial charge in [-0.1, -0.05) is 0 Å². The first-order chi connectivity index (χ1) is 9.56. The minimum absolute atomic E-state index is 0.160. The zero-order valence-corrected chi connectivity index (χ0v) is 10.9. The van der Waals surface area contributed by atoms with E-state index in [1.165, 1.54) is 6.07 Å². The average molecular weight is 271 g/mol. The highest BCUT2D eigenvalue weighted by molar-refractivity contribution is 6.06. The number of aryl methyl sites for hydroxylation is 1. The summed E-state index contributed by atoms with van der Waals surface area (Å²) in [5.74, 6) is -1.12. The number of rotatable bonds is 2. The van der Waals surface area contributed by atoms with E-state index in [9.17, 15) is 9.59 Å². The zero-order chi connectivity index (χ0) is 14.3. The van der Waals surface area contributed by atoms with E-state index in [2.05, 4.69) is 4.98 Å². The van der Waals surface area contributed by atoms with Gasteiger partial charge in [-0.2, -0.15) is 0 Å². The predicted molar refractivity (Wildman–Crippen MR) is 72.0 cm³/mol. The number of carbonyl (C=O) groups excluding carboxylic acids is 1. The van der Waals surface area contributed by atoms with Crippen molar-refractivity contribution in [2.24, 2.45) is 7.05 Å². The summed E-state index contributed by atoms with van der Waals surface area (Å²) in [6, 6.07) is 4.83. The molecule has 1 aliphatic heterocycles. The summed E-state index contributed by atoms with van der Waals surface area (Å²) in [5.41, 5.74) is 2.29. The number of carbonyl (C=O) groups is 2. The number of aromatic nitrogens is 2. The van der Waals surface area contributed by atoms with Crippen LogP contribution in [0, 0.1) is 0 Å². The number of carboxylic acid groups (broad SMARTS) is 1. The molecule has 1 aromatic carbocycles. The van der Waals surface area contributed by atoms with Gasteiger partial charge in [0.1, 0.15) is 5.69 Å². The summed E-state index contributed by atoms with van der Waals surface area (Å²) < 4.78 is 1.72. The maximum absolute atomic E-state index is 12.4. The lowest BCUT2D eigenvalue weighted by atomic mass is 10.1. The molecule has 1 amide bonds. The normalized spacial score (nSPS) is 13.3. The lowest BCUT2D eigenvalue weighted by molar-refractivity contribution is 0.0696. The minimum Gasteiger partial charge on any atom is -0.478 e. The Morgan fingerprint density at radius 3 is 2.80 bits per heavy atom. The third kappa shape index (κ3) is 1.95. The Hall–Kier alpha value is -2.63. The minimum atomic E-state index is -0.956. The first-order valence-electron chi connectivity index (χ1n) is 6.22. The number of hydrogen-bond donors (Lipinski definition) is 1. The molecule has 3 rings (SSSR count). The largest absolute Gasteiger partial charge is 0.478 e. The van der Waals surface area contributed by atoms with Crippen molar-refractivity contribution in [3.63, 3.8) is 0 Å². The van der Waals surface area contributed by atoms with E-state index in [0.717, 1.165) is 11.3 Å². The van der Waals surface area contributed by atoms with Crippen LogP contribution in [0.2, 0.25) is 0 Å². The summed E-state index contributed by atoms with van der Waals surface area (Å²) in [5, 5.41) is 8.98. The fraction of sp³-hybridized carbons (Fsp3) is 0.214. The van der Waals surface area contributed by atoms with Crippen LogP contribution in [0.4, 0.5) is 5.69 Å². The molecular weight excluding hydrogens is 258 g/mol. The van der Waals surface area contributed by atoms with E-state index in [4.69, 9.17) is 5.11 Å². The summed E-state index contributed by atoms with van der Waals surface area (Å²) >= 11 is 0. The van der Waals surface area contributed by atoms with Crippen molar-refractivity contribution in [3.05, 3.63) is 47.5 Å². The van der Waals surface area contributed by atoms with Gasteiger partial charge in [-0.25, -0.2) is 9.78 Å². The first-order valence-corrected chi connectivity index (χ1v) is 6.22. The van der Waals surface area contributed by atoms with Gasteiger partial charge in [0.25, 0.3) is 5.91 Å². The second-order valence-electron chi connectivity index (χ2n) is 4.78.